The molecule has 0 saturated carbocycles. The van der Waals surface area contributed by atoms with E-state index in [0.717, 1.165) is 9.80 Å². The van der Waals surface area contributed by atoms with Crippen molar-refractivity contribution < 1.29 is 9.32 Å². The molecule has 24 heavy (non-hydrogen) atoms. The highest BCUT2D eigenvalue weighted by atomic mass is 32.2. The first-order valence-electron chi connectivity index (χ1n) is 8.43. The molecule has 1 heterocycles. The maximum absolute atomic E-state index is 13.7. The molecule has 3 atom stereocenters. The van der Waals surface area contributed by atoms with E-state index in [1.807, 2.05) is 42.5 Å². The van der Waals surface area contributed by atoms with Crippen LogP contribution in [-0.4, -0.2) is 35.6 Å². The van der Waals surface area contributed by atoms with Gasteiger partial charge in [0.2, 0.25) is 0 Å². The van der Waals surface area contributed by atoms with Gasteiger partial charge in [-0.25, -0.2) is 8.57 Å². The second-order valence-electron chi connectivity index (χ2n) is 6.35. The minimum Gasteiger partial charge on any atom is -0.395 e. The van der Waals surface area contributed by atoms with Crippen molar-refractivity contribution >= 4 is 9.73 Å². The normalized spacial score (nSPS) is 28.0. The Morgan fingerprint density at radius 3 is 2.58 bits per heavy atom. The molecular formula is C19H28N2O2S. The second kappa shape index (κ2) is 8.60. The fraction of sp³-hybridized carbons (Fsp3) is 0.474. The fourth-order valence-electron chi connectivity index (χ4n) is 3.06. The Kier molecular flexibility index (Phi) is 6.78. The molecule has 1 aromatic carbocycles. The Labute approximate surface area is 145 Å². The zero-order valence-electron chi connectivity index (χ0n) is 14.7. The van der Waals surface area contributed by atoms with Gasteiger partial charge >= 0.3 is 0 Å². The van der Waals surface area contributed by atoms with Crippen LogP contribution in [0.15, 0.2) is 62.7 Å². The van der Waals surface area contributed by atoms with Gasteiger partial charge in [0.1, 0.15) is 0 Å². The van der Waals surface area contributed by atoms with Gasteiger partial charge in [-0.1, -0.05) is 50.3 Å². The van der Waals surface area contributed by atoms with Crippen molar-refractivity contribution in [2.24, 2.45) is 16.2 Å². The molecule has 0 bridgehead atoms. The van der Waals surface area contributed by atoms with Gasteiger partial charge in [0.25, 0.3) is 0 Å². The van der Waals surface area contributed by atoms with Crippen molar-refractivity contribution in [2.75, 3.05) is 20.2 Å². The van der Waals surface area contributed by atoms with Crippen LogP contribution in [0, 0.1) is 11.8 Å². The lowest BCUT2D eigenvalue weighted by molar-refractivity contribution is 0.197. The highest BCUT2D eigenvalue weighted by Crippen LogP contribution is 2.29. The lowest BCUT2D eigenvalue weighted by Gasteiger charge is -2.28. The number of rotatable bonds is 4. The summed E-state index contributed by atoms with van der Waals surface area (Å²) in [6, 6.07) is 9.39. The summed E-state index contributed by atoms with van der Waals surface area (Å²) in [5, 5.41) is 13.1. The summed E-state index contributed by atoms with van der Waals surface area (Å²) >= 11 is 0. The standard InChI is InChI=1S/C19H28N2O2S/c1-15(2)18-13-17(11-7-8-12-21-19(18)14-22)24(23,20-3)16-9-5-4-6-10-16/h4-10,13,15,18-19,21-22H,11-12,14H2,1-3H3/b8-7-,17-13+/t18-,19+,24?/m0/s1. The van der Waals surface area contributed by atoms with Crippen LogP contribution in [0.25, 0.3) is 0 Å². The first-order chi connectivity index (χ1) is 11.5. The van der Waals surface area contributed by atoms with E-state index < -0.39 is 9.73 Å². The van der Waals surface area contributed by atoms with Gasteiger partial charge in [-0.3, -0.25) is 0 Å². The third-order valence-electron chi connectivity index (χ3n) is 4.47. The van der Waals surface area contributed by atoms with E-state index in [2.05, 4.69) is 29.6 Å². The lowest BCUT2D eigenvalue weighted by Crippen LogP contribution is -2.40. The van der Waals surface area contributed by atoms with Crippen LogP contribution < -0.4 is 5.32 Å². The molecule has 5 heteroatoms. The first kappa shape index (κ1) is 18.9. The number of hydrogen-bond acceptors (Lipinski definition) is 4. The summed E-state index contributed by atoms with van der Waals surface area (Å²) in [6.45, 7) is 5.01. The number of hydrogen-bond donors (Lipinski definition) is 2. The number of allylic oxidation sites excluding steroid dienone is 2. The quantitative estimate of drug-likeness (QED) is 0.822. The molecule has 1 aromatic rings. The van der Waals surface area contributed by atoms with Crippen LogP contribution in [0.4, 0.5) is 0 Å². The summed E-state index contributed by atoms with van der Waals surface area (Å²) in [5.74, 6) is 0.412. The van der Waals surface area contributed by atoms with Crippen LogP contribution in [0.5, 0.6) is 0 Å². The van der Waals surface area contributed by atoms with Gasteiger partial charge in [0.05, 0.1) is 21.2 Å². The molecule has 0 saturated heterocycles. The predicted molar refractivity (Wildman–Crippen MR) is 100 cm³/mol. The van der Waals surface area contributed by atoms with Crippen molar-refractivity contribution in [3.05, 3.63) is 53.5 Å². The molecule has 2 rings (SSSR count). The topological polar surface area (TPSA) is 61.7 Å². The number of nitrogens with zero attached hydrogens (tertiary/aromatic N) is 1. The van der Waals surface area contributed by atoms with Gasteiger partial charge in [0.15, 0.2) is 0 Å². The van der Waals surface area contributed by atoms with Gasteiger partial charge in [-0.05, 0) is 30.4 Å². The molecule has 1 unspecified atom stereocenters. The Bertz CT molecular complexity index is 701. The van der Waals surface area contributed by atoms with Crippen LogP contribution >= 0.6 is 0 Å². The Balaban J connectivity index is 2.57. The van der Waals surface area contributed by atoms with Crippen LogP contribution in [0.1, 0.15) is 20.3 Å². The molecule has 0 aliphatic carbocycles. The average Bonchev–Trinajstić information content (AvgIpc) is 2.71. The van der Waals surface area contributed by atoms with Crippen molar-refractivity contribution in [3.63, 3.8) is 0 Å². The smallest absolute Gasteiger partial charge is 0.0996 e. The summed E-state index contributed by atoms with van der Waals surface area (Å²) in [5.41, 5.74) is 0. The monoisotopic (exact) mass is 348 g/mol. The van der Waals surface area contributed by atoms with Crippen LogP contribution in [0.2, 0.25) is 0 Å². The van der Waals surface area contributed by atoms with Gasteiger partial charge in [0, 0.05) is 24.5 Å². The van der Waals surface area contributed by atoms with Crippen LogP contribution in [0.3, 0.4) is 0 Å². The molecule has 0 aromatic heterocycles. The van der Waals surface area contributed by atoms with Crippen molar-refractivity contribution in [1.29, 1.82) is 0 Å². The highest BCUT2D eigenvalue weighted by molar-refractivity contribution is 7.97. The summed E-state index contributed by atoms with van der Waals surface area (Å²) < 4.78 is 18.0. The minimum absolute atomic E-state index is 0.0518. The first-order valence-corrected chi connectivity index (χ1v) is 9.94. The predicted octanol–water partition coefficient (Wildman–Crippen LogP) is 3.21. The fourth-order valence-corrected chi connectivity index (χ4v) is 5.00. The SMILES string of the molecule is CN=S(=O)(/C1=C/[C@@H](C(C)C)[C@@H](CO)NC/C=C\C1)c1ccccc1. The molecule has 132 valence electrons. The molecule has 0 fully saturated rings. The molecule has 4 nitrogen and oxygen atoms in total. The van der Waals surface area contributed by atoms with Gasteiger partial charge in [-0.2, -0.15) is 0 Å². The van der Waals surface area contributed by atoms with Crippen molar-refractivity contribution in [3.8, 4) is 0 Å². The lowest BCUT2D eigenvalue weighted by atomic mass is 9.88. The third-order valence-corrected chi connectivity index (χ3v) is 6.91. The minimum atomic E-state index is -2.64. The van der Waals surface area contributed by atoms with Gasteiger partial charge < -0.3 is 10.4 Å². The molecular weight excluding hydrogens is 320 g/mol. The Morgan fingerprint density at radius 2 is 2.00 bits per heavy atom. The van der Waals surface area contributed by atoms with Crippen molar-refractivity contribution in [2.45, 2.75) is 31.2 Å². The van der Waals surface area contributed by atoms with E-state index in [9.17, 15) is 9.32 Å². The molecule has 0 radical (unpaired) electrons. The van der Waals surface area contributed by atoms with Gasteiger partial charge in [-0.15, -0.1) is 0 Å². The zero-order valence-corrected chi connectivity index (χ0v) is 15.5. The third kappa shape index (κ3) is 4.15. The maximum atomic E-state index is 13.7. The molecule has 0 spiro atoms. The summed E-state index contributed by atoms with van der Waals surface area (Å²) in [4.78, 5) is 1.57. The number of aliphatic hydroxyl groups is 1. The molecule has 2 N–H and O–H groups in total. The van der Waals surface area contributed by atoms with E-state index in [1.165, 1.54) is 0 Å². The van der Waals surface area contributed by atoms with E-state index >= 15 is 0 Å². The number of benzene rings is 1. The van der Waals surface area contributed by atoms with E-state index in [-0.39, 0.29) is 18.6 Å². The number of nitrogens with one attached hydrogen (secondary N) is 1. The van der Waals surface area contributed by atoms with Crippen LogP contribution in [-0.2, 0) is 9.73 Å². The second-order valence-corrected chi connectivity index (χ2v) is 8.76. The molecule has 0 amide bonds. The highest BCUT2D eigenvalue weighted by Gasteiger charge is 2.26. The molecule has 1 aliphatic heterocycles. The largest absolute Gasteiger partial charge is 0.395 e. The van der Waals surface area contributed by atoms with E-state index in [0.29, 0.717) is 18.9 Å². The Hall–Kier alpha value is -1.43. The summed E-state index contributed by atoms with van der Waals surface area (Å²) in [6.07, 6.45) is 6.74. The maximum Gasteiger partial charge on any atom is 0.0996 e. The Morgan fingerprint density at radius 1 is 1.29 bits per heavy atom. The zero-order chi connectivity index (χ0) is 17.6. The van der Waals surface area contributed by atoms with E-state index in [4.69, 9.17) is 0 Å². The number of aliphatic hydroxyl groups excluding tert-OH is 1. The average molecular weight is 349 g/mol. The summed E-state index contributed by atoms with van der Waals surface area (Å²) in [7, 11) is -1.01. The van der Waals surface area contributed by atoms with E-state index in [1.54, 1.807) is 7.05 Å². The van der Waals surface area contributed by atoms with Crippen molar-refractivity contribution in [1.82, 2.24) is 5.32 Å². The molecule has 1 aliphatic rings.